The van der Waals surface area contributed by atoms with E-state index >= 15 is 0 Å². The molecule has 0 spiro atoms. The first-order chi connectivity index (χ1) is 9.10. The predicted molar refractivity (Wildman–Crippen MR) is 71.6 cm³/mol. The summed E-state index contributed by atoms with van der Waals surface area (Å²) >= 11 is 9.29. The first-order valence-corrected chi connectivity index (χ1v) is 6.31. The normalized spacial score (nSPS) is 10.3. The summed E-state index contributed by atoms with van der Waals surface area (Å²) in [4.78, 5) is 11.2. The number of rotatable bonds is 4. The van der Waals surface area contributed by atoms with E-state index in [9.17, 15) is 4.79 Å². The van der Waals surface area contributed by atoms with Crippen molar-refractivity contribution in [2.75, 3.05) is 0 Å². The largest absolute Gasteiger partial charge is 0.484 e. The van der Waals surface area contributed by atoms with Gasteiger partial charge in [-0.25, -0.2) is 5.84 Å². The minimum absolute atomic E-state index is 0.0861. The molecule has 3 N–H and O–H groups in total. The van der Waals surface area contributed by atoms with Gasteiger partial charge in [-0.2, -0.15) is 0 Å². The number of benzene rings is 1. The van der Waals surface area contributed by atoms with Gasteiger partial charge < -0.3 is 9.26 Å². The molecule has 0 radical (unpaired) electrons. The van der Waals surface area contributed by atoms with E-state index in [4.69, 9.17) is 26.7 Å². The molecule has 6 nitrogen and oxygen atoms in total. The Labute approximate surface area is 121 Å². The van der Waals surface area contributed by atoms with Crippen LogP contribution in [0.3, 0.4) is 0 Å². The fraction of sp³-hybridized carbons (Fsp3) is 0.0909. The van der Waals surface area contributed by atoms with Gasteiger partial charge in [0.05, 0.1) is 5.02 Å². The van der Waals surface area contributed by atoms with E-state index < -0.39 is 5.91 Å². The summed E-state index contributed by atoms with van der Waals surface area (Å²) in [6.07, 6.45) is 0. The zero-order chi connectivity index (χ0) is 13.8. The van der Waals surface area contributed by atoms with Crippen LogP contribution in [0, 0.1) is 0 Å². The van der Waals surface area contributed by atoms with E-state index in [0.29, 0.717) is 16.5 Å². The number of ether oxygens (including phenoxy) is 1. The second-order valence-corrected chi connectivity index (χ2v) is 4.84. The van der Waals surface area contributed by atoms with E-state index in [1.807, 2.05) is 5.43 Å². The molecule has 0 bridgehead atoms. The molecule has 100 valence electrons. The fourth-order valence-electron chi connectivity index (χ4n) is 1.30. The number of hydrogen-bond donors (Lipinski definition) is 2. The molecular weight excluding hydrogens is 337 g/mol. The molecular formula is C11H9BrClN3O3. The van der Waals surface area contributed by atoms with Gasteiger partial charge in [0.15, 0.2) is 11.5 Å². The molecule has 0 aliphatic heterocycles. The van der Waals surface area contributed by atoms with Gasteiger partial charge in [-0.1, -0.05) is 32.7 Å². The molecule has 8 heteroatoms. The first kappa shape index (κ1) is 13.9. The number of hydrazine groups is 1. The second-order valence-electron chi connectivity index (χ2n) is 3.52. The molecule has 0 unspecified atom stereocenters. The van der Waals surface area contributed by atoms with Crippen molar-refractivity contribution in [3.05, 3.63) is 45.2 Å². The monoisotopic (exact) mass is 345 g/mol. The Morgan fingerprint density at radius 3 is 3.00 bits per heavy atom. The third kappa shape index (κ3) is 3.46. The maximum atomic E-state index is 11.2. The molecule has 1 aromatic heterocycles. The number of carbonyl (C=O) groups excluding carboxylic acids is 1. The van der Waals surface area contributed by atoms with E-state index in [2.05, 4.69) is 21.1 Å². The lowest BCUT2D eigenvalue weighted by molar-refractivity contribution is 0.0944. The van der Waals surface area contributed by atoms with Crippen LogP contribution in [-0.2, 0) is 6.61 Å². The Morgan fingerprint density at radius 1 is 1.53 bits per heavy atom. The number of nitrogens with zero attached hydrogens (tertiary/aromatic N) is 1. The van der Waals surface area contributed by atoms with Crippen molar-refractivity contribution in [1.82, 2.24) is 10.6 Å². The minimum atomic E-state index is -0.531. The summed E-state index contributed by atoms with van der Waals surface area (Å²) in [7, 11) is 0. The third-order valence-corrected chi connectivity index (χ3v) is 2.98. The molecule has 1 amide bonds. The van der Waals surface area contributed by atoms with Crippen molar-refractivity contribution in [2.45, 2.75) is 6.61 Å². The summed E-state index contributed by atoms with van der Waals surface area (Å²) < 4.78 is 11.2. The number of nitrogens with two attached hydrogens (primary N) is 1. The summed E-state index contributed by atoms with van der Waals surface area (Å²) in [5, 5.41) is 4.01. The maximum absolute atomic E-state index is 11.2. The lowest BCUT2D eigenvalue weighted by Crippen LogP contribution is -2.30. The highest BCUT2D eigenvalue weighted by Crippen LogP contribution is 2.28. The van der Waals surface area contributed by atoms with Crippen LogP contribution in [0.15, 0.2) is 33.3 Å². The molecule has 0 saturated heterocycles. The van der Waals surface area contributed by atoms with E-state index in [1.54, 1.807) is 18.2 Å². The number of halogens is 2. The van der Waals surface area contributed by atoms with Crippen molar-refractivity contribution in [3.8, 4) is 5.75 Å². The van der Waals surface area contributed by atoms with Gasteiger partial charge in [-0.3, -0.25) is 10.2 Å². The first-order valence-electron chi connectivity index (χ1n) is 5.14. The maximum Gasteiger partial charge on any atom is 0.287 e. The summed E-state index contributed by atoms with van der Waals surface area (Å²) in [6.45, 7) is 0.103. The van der Waals surface area contributed by atoms with Gasteiger partial charge in [0.25, 0.3) is 5.91 Å². The molecule has 19 heavy (non-hydrogen) atoms. The van der Waals surface area contributed by atoms with Crippen LogP contribution in [0.5, 0.6) is 5.75 Å². The van der Waals surface area contributed by atoms with Crippen molar-refractivity contribution in [3.63, 3.8) is 0 Å². The number of amides is 1. The summed E-state index contributed by atoms with van der Waals surface area (Å²) in [5.74, 6) is 5.34. The Balaban J connectivity index is 2.02. The quantitative estimate of drug-likeness (QED) is 0.503. The van der Waals surface area contributed by atoms with Crippen LogP contribution in [0.2, 0.25) is 5.02 Å². The van der Waals surface area contributed by atoms with Gasteiger partial charge in [0.1, 0.15) is 12.4 Å². The number of hydrogen-bond acceptors (Lipinski definition) is 5. The standard InChI is InChI=1S/C11H9BrClN3O3/c12-6-1-2-10(8(13)3-6)18-5-7-4-9(16-19-7)11(17)15-14/h1-4H,5,14H2,(H,15,17). The highest BCUT2D eigenvalue weighted by molar-refractivity contribution is 9.10. The van der Waals surface area contributed by atoms with E-state index in [0.717, 1.165) is 4.47 Å². The van der Waals surface area contributed by atoms with E-state index in [-0.39, 0.29) is 12.3 Å². The minimum Gasteiger partial charge on any atom is -0.484 e. The van der Waals surface area contributed by atoms with Gasteiger partial charge in [0, 0.05) is 10.5 Å². The van der Waals surface area contributed by atoms with Gasteiger partial charge in [-0.05, 0) is 18.2 Å². The Bertz CT molecular complexity index is 603. The van der Waals surface area contributed by atoms with Gasteiger partial charge in [0.2, 0.25) is 0 Å². The summed E-state index contributed by atoms with van der Waals surface area (Å²) in [6, 6.07) is 6.67. The average molecular weight is 347 g/mol. The Hall–Kier alpha value is -1.57. The van der Waals surface area contributed by atoms with Crippen LogP contribution >= 0.6 is 27.5 Å². The van der Waals surface area contributed by atoms with Crippen LogP contribution < -0.4 is 16.0 Å². The molecule has 0 atom stereocenters. The smallest absolute Gasteiger partial charge is 0.287 e. The number of nitrogen functional groups attached to an aromatic ring is 1. The number of carbonyl (C=O) groups is 1. The van der Waals surface area contributed by atoms with Crippen molar-refractivity contribution in [2.24, 2.45) is 5.84 Å². The zero-order valence-corrected chi connectivity index (χ0v) is 11.9. The van der Waals surface area contributed by atoms with Crippen molar-refractivity contribution >= 4 is 33.4 Å². The predicted octanol–water partition coefficient (Wildman–Crippen LogP) is 2.27. The lowest BCUT2D eigenvalue weighted by atomic mass is 10.3. The van der Waals surface area contributed by atoms with Crippen LogP contribution in [-0.4, -0.2) is 11.1 Å². The average Bonchev–Trinajstić information content (AvgIpc) is 2.85. The molecule has 0 saturated carbocycles. The molecule has 2 rings (SSSR count). The van der Waals surface area contributed by atoms with Gasteiger partial charge in [-0.15, -0.1) is 0 Å². The molecule has 1 aromatic carbocycles. The highest BCUT2D eigenvalue weighted by Gasteiger charge is 2.12. The number of aromatic nitrogens is 1. The third-order valence-electron chi connectivity index (χ3n) is 2.19. The molecule has 2 aromatic rings. The molecule has 0 aliphatic carbocycles. The molecule has 0 aliphatic rings. The van der Waals surface area contributed by atoms with Crippen LogP contribution in [0.25, 0.3) is 0 Å². The van der Waals surface area contributed by atoms with Crippen molar-refractivity contribution < 1.29 is 14.1 Å². The van der Waals surface area contributed by atoms with Gasteiger partial charge >= 0.3 is 0 Å². The SMILES string of the molecule is NNC(=O)c1cc(COc2ccc(Br)cc2Cl)on1. The molecule has 0 fully saturated rings. The van der Waals surface area contributed by atoms with Crippen LogP contribution in [0.1, 0.15) is 16.2 Å². The summed E-state index contributed by atoms with van der Waals surface area (Å²) in [5.41, 5.74) is 2.04. The topological polar surface area (TPSA) is 90.4 Å². The highest BCUT2D eigenvalue weighted by atomic mass is 79.9. The fourth-order valence-corrected chi connectivity index (χ4v) is 2.03. The molecule has 1 heterocycles. The van der Waals surface area contributed by atoms with Crippen LogP contribution in [0.4, 0.5) is 0 Å². The Kier molecular flexibility index (Phi) is 4.41. The van der Waals surface area contributed by atoms with Crippen molar-refractivity contribution in [1.29, 1.82) is 0 Å². The Morgan fingerprint density at radius 2 is 2.32 bits per heavy atom. The zero-order valence-electron chi connectivity index (χ0n) is 9.52. The lowest BCUT2D eigenvalue weighted by Gasteiger charge is -2.05. The second kappa shape index (κ2) is 6.05. The number of nitrogens with one attached hydrogen (secondary N) is 1. The van der Waals surface area contributed by atoms with E-state index in [1.165, 1.54) is 6.07 Å².